The first-order chi connectivity index (χ1) is 12.9. The topological polar surface area (TPSA) is 71.1 Å². The summed E-state index contributed by atoms with van der Waals surface area (Å²) in [5.74, 6) is 0.813. The van der Waals surface area contributed by atoms with Gasteiger partial charge in [0.05, 0.1) is 12.5 Å². The molecule has 2 N–H and O–H groups in total. The van der Waals surface area contributed by atoms with Crippen LogP contribution in [0.15, 0.2) is 30.5 Å². The lowest BCUT2D eigenvalue weighted by Crippen LogP contribution is -2.28. The van der Waals surface area contributed by atoms with E-state index in [0.29, 0.717) is 22.9 Å². The van der Waals surface area contributed by atoms with Crippen LogP contribution in [0, 0.1) is 0 Å². The number of carbonyl (C=O) groups excluding carboxylic acids is 2. The van der Waals surface area contributed by atoms with Crippen LogP contribution in [0.25, 0.3) is 0 Å². The molecule has 5 rings (SSSR count). The minimum Gasteiger partial charge on any atom is -0.345 e. The van der Waals surface area contributed by atoms with E-state index in [1.165, 1.54) is 29.5 Å². The minimum absolute atomic E-state index is 0.0280. The van der Waals surface area contributed by atoms with Crippen LogP contribution in [0.4, 0.5) is 5.82 Å². The van der Waals surface area contributed by atoms with E-state index in [1.54, 1.807) is 12.3 Å². The van der Waals surface area contributed by atoms with Gasteiger partial charge < -0.3 is 10.6 Å². The third-order valence-corrected chi connectivity index (χ3v) is 6.49. The fourth-order valence-corrected chi connectivity index (χ4v) is 5.10. The molecule has 27 heavy (non-hydrogen) atoms. The number of amides is 2. The molecule has 0 saturated carbocycles. The molecule has 0 radical (unpaired) electrons. The molecule has 2 heterocycles. The molecule has 1 aliphatic heterocycles. The third-order valence-electron chi connectivity index (χ3n) is 6.49. The monoisotopic (exact) mass is 361 g/mol. The lowest BCUT2D eigenvalue weighted by molar-refractivity contribution is -0.115. The first-order valence-electron chi connectivity index (χ1n) is 9.66. The van der Waals surface area contributed by atoms with Gasteiger partial charge in [0.2, 0.25) is 5.91 Å². The Morgan fingerprint density at radius 1 is 1.30 bits per heavy atom. The second kappa shape index (κ2) is 5.65. The van der Waals surface area contributed by atoms with Crippen molar-refractivity contribution in [1.82, 2.24) is 10.3 Å². The highest BCUT2D eigenvalue weighted by Gasteiger charge is 2.41. The normalized spacial score (nSPS) is 24.1. The Morgan fingerprint density at radius 3 is 3.00 bits per heavy atom. The van der Waals surface area contributed by atoms with Crippen molar-refractivity contribution < 1.29 is 9.59 Å². The van der Waals surface area contributed by atoms with Gasteiger partial charge in [0.15, 0.2) is 0 Å². The van der Waals surface area contributed by atoms with E-state index in [-0.39, 0.29) is 29.7 Å². The zero-order valence-electron chi connectivity index (χ0n) is 15.6. The second-order valence-electron chi connectivity index (χ2n) is 8.60. The Morgan fingerprint density at radius 2 is 2.15 bits per heavy atom. The number of hydrogen-bond acceptors (Lipinski definition) is 3. The summed E-state index contributed by atoms with van der Waals surface area (Å²) in [5, 5.41) is 5.95. The number of carbonyl (C=O) groups is 2. The van der Waals surface area contributed by atoms with Crippen LogP contribution in [0.2, 0.25) is 0 Å². The van der Waals surface area contributed by atoms with Crippen LogP contribution in [-0.4, -0.2) is 16.8 Å². The third kappa shape index (κ3) is 2.48. The van der Waals surface area contributed by atoms with E-state index in [4.69, 9.17) is 0 Å². The quantitative estimate of drug-likeness (QED) is 0.858. The maximum atomic E-state index is 13.0. The average molecular weight is 361 g/mol. The van der Waals surface area contributed by atoms with Crippen molar-refractivity contribution in [1.29, 1.82) is 0 Å². The number of anilines is 1. The molecule has 0 saturated heterocycles. The van der Waals surface area contributed by atoms with Crippen molar-refractivity contribution in [3.8, 4) is 0 Å². The van der Waals surface area contributed by atoms with E-state index in [0.717, 1.165) is 6.42 Å². The Balaban J connectivity index is 1.47. The first kappa shape index (κ1) is 16.5. The lowest BCUT2D eigenvalue weighted by Gasteiger charge is -2.35. The van der Waals surface area contributed by atoms with Gasteiger partial charge in [0.25, 0.3) is 5.91 Å². The number of benzene rings is 1. The molecule has 0 bridgehead atoms. The van der Waals surface area contributed by atoms with Crippen molar-refractivity contribution in [2.45, 2.75) is 56.9 Å². The van der Waals surface area contributed by atoms with Crippen molar-refractivity contribution in [3.05, 3.63) is 58.3 Å². The fourth-order valence-electron chi connectivity index (χ4n) is 5.10. The smallest absolute Gasteiger partial charge is 0.252 e. The average Bonchev–Trinajstić information content (AvgIpc) is 3.18. The summed E-state index contributed by atoms with van der Waals surface area (Å²) in [7, 11) is 0. The van der Waals surface area contributed by atoms with Crippen molar-refractivity contribution in [3.63, 3.8) is 0 Å². The molecule has 2 aromatic rings. The Hall–Kier alpha value is -2.69. The molecule has 0 spiro atoms. The number of nitrogens with one attached hydrogen (secondary N) is 2. The molecule has 2 amide bonds. The van der Waals surface area contributed by atoms with Gasteiger partial charge in [0, 0.05) is 17.3 Å². The van der Waals surface area contributed by atoms with Crippen LogP contribution >= 0.6 is 0 Å². The highest BCUT2D eigenvalue weighted by atomic mass is 16.2. The van der Waals surface area contributed by atoms with E-state index in [2.05, 4.69) is 47.7 Å². The van der Waals surface area contributed by atoms with Crippen molar-refractivity contribution >= 4 is 17.6 Å². The highest BCUT2D eigenvalue weighted by Crippen LogP contribution is 2.52. The summed E-state index contributed by atoms with van der Waals surface area (Å²) in [5.41, 5.74) is 5.60. The van der Waals surface area contributed by atoms with Gasteiger partial charge in [-0.05, 0) is 53.4 Å². The summed E-state index contributed by atoms with van der Waals surface area (Å²) in [6, 6.07) is 8.27. The summed E-state index contributed by atoms with van der Waals surface area (Å²) in [6.45, 7) is 4.63. The number of nitrogens with zero attached hydrogens (tertiary/aromatic N) is 1. The maximum absolute atomic E-state index is 13.0. The molecule has 2 unspecified atom stereocenters. The molecule has 2 aliphatic carbocycles. The molecule has 5 nitrogen and oxygen atoms in total. The zero-order chi connectivity index (χ0) is 18.8. The van der Waals surface area contributed by atoms with Crippen LogP contribution in [-0.2, 0) is 16.6 Å². The molecule has 1 aromatic carbocycles. The number of fused-ring (bicyclic) bond motifs is 1. The first-order valence-corrected chi connectivity index (χ1v) is 9.66. The number of rotatable bonds is 2. The Bertz CT molecular complexity index is 980. The van der Waals surface area contributed by atoms with Gasteiger partial charge in [-0.3, -0.25) is 9.59 Å². The number of hydrogen-bond donors (Lipinski definition) is 2. The predicted molar refractivity (Wildman–Crippen MR) is 103 cm³/mol. The predicted octanol–water partition coefficient (Wildman–Crippen LogP) is 3.61. The molecular weight excluding hydrogens is 338 g/mol. The molecular formula is C22H23N3O2. The maximum Gasteiger partial charge on any atom is 0.252 e. The second-order valence-corrected chi connectivity index (χ2v) is 8.60. The summed E-state index contributed by atoms with van der Waals surface area (Å²) < 4.78 is 0. The van der Waals surface area contributed by atoms with E-state index in [9.17, 15) is 9.59 Å². The van der Waals surface area contributed by atoms with Gasteiger partial charge in [-0.25, -0.2) is 4.98 Å². The van der Waals surface area contributed by atoms with E-state index >= 15 is 0 Å². The largest absolute Gasteiger partial charge is 0.345 e. The van der Waals surface area contributed by atoms with Gasteiger partial charge >= 0.3 is 0 Å². The Labute approximate surface area is 158 Å². The molecule has 1 aromatic heterocycles. The van der Waals surface area contributed by atoms with Crippen LogP contribution in [0.1, 0.15) is 77.7 Å². The van der Waals surface area contributed by atoms with Crippen LogP contribution in [0.3, 0.4) is 0 Å². The standard InChI is InChI=1S/C22H23N3O2/c1-22(2)8-6-12-10-17(14-4-3-5-16(22)19(12)14)24-21(27)13-7-9-23-20-15(13)11-18(26)25-20/h3-5,7,9,12,17H,6,8,10-11H2,1-2H3,(H,24,27)(H,23,25,26). The zero-order valence-corrected chi connectivity index (χ0v) is 15.6. The fraction of sp³-hybridized carbons (Fsp3) is 0.409. The van der Waals surface area contributed by atoms with Crippen LogP contribution in [0.5, 0.6) is 0 Å². The molecule has 3 aliphatic rings. The van der Waals surface area contributed by atoms with Gasteiger partial charge in [0.1, 0.15) is 5.82 Å². The van der Waals surface area contributed by atoms with Gasteiger partial charge in [-0.1, -0.05) is 32.0 Å². The van der Waals surface area contributed by atoms with E-state index < -0.39 is 0 Å². The number of pyridine rings is 1. The molecule has 0 fully saturated rings. The van der Waals surface area contributed by atoms with Gasteiger partial charge in [-0.15, -0.1) is 0 Å². The highest BCUT2D eigenvalue weighted by molar-refractivity contribution is 6.04. The lowest BCUT2D eigenvalue weighted by atomic mass is 9.69. The summed E-state index contributed by atoms with van der Waals surface area (Å²) in [6.07, 6.45) is 5.11. The summed E-state index contributed by atoms with van der Waals surface area (Å²) >= 11 is 0. The van der Waals surface area contributed by atoms with E-state index in [1.807, 2.05) is 0 Å². The minimum atomic E-state index is -0.120. The van der Waals surface area contributed by atoms with Crippen molar-refractivity contribution in [2.24, 2.45) is 0 Å². The van der Waals surface area contributed by atoms with Crippen LogP contribution < -0.4 is 10.6 Å². The molecule has 2 atom stereocenters. The molecule has 138 valence electrons. The molecule has 5 heteroatoms. The van der Waals surface area contributed by atoms with Gasteiger partial charge in [-0.2, -0.15) is 0 Å². The Kier molecular flexibility index (Phi) is 3.45. The summed E-state index contributed by atoms with van der Waals surface area (Å²) in [4.78, 5) is 28.9. The SMILES string of the molecule is CC1(C)CCC2CC(NC(=O)c3ccnc4c3CC(=O)N4)c3cccc1c32. The van der Waals surface area contributed by atoms with Crippen molar-refractivity contribution in [2.75, 3.05) is 5.32 Å². The number of aromatic nitrogens is 1.